The maximum absolute atomic E-state index is 11.3. The molecule has 0 aromatic carbocycles. The molecular formula is C7H10O4S. The molecule has 0 atom stereocenters. The second kappa shape index (κ2) is 2.32. The molecule has 1 N–H and O–H groups in total. The SMILES string of the molecule is CC1(C)C(C(=O)O)=CCS1(=O)=O. The van der Waals surface area contributed by atoms with Crippen molar-refractivity contribution in [3.05, 3.63) is 11.6 Å². The van der Waals surface area contributed by atoms with Crippen molar-refractivity contribution < 1.29 is 18.3 Å². The van der Waals surface area contributed by atoms with Gasteiger partial charge in [-0.2, -0.15) is 0 Å². The maximum atomic E-state index is 11.3. The van der Waals surface area contributed by atoms with E-state index in [1.54, 1.807) is 0 Å². The summed E-state index contributed by atoms with van der Waals surface area (Å²) in [5, 5.41) is 8.65. The monoisotopic (exact) mass is 190 g/mol. The summed E-state index contributed by atoms with van der Waals surface area (Å²) < 4.78 is 21.3. The van der Waals surface area contributed by atoms with Gasteiger partial charge in [0.15, 0.2) is 9.84 Å². The zero-order valence-corrected chi connectivity index (χ0v) is 7.68. The molecule has 0 bridgehead atoms. The summed E-state index contributed by atoms with van der Waals surface area (Å²) in [6.45, 7) is 2.82. The second-order valence-electron chi connectivity index (χ2n) is 3.21. The fraction of sp³-hybridized carbons (Fsp3) is 0.571. The van der Waals surface area contributed by atoms with E-state index in [0.29, 0.717) is 0 Å². The van der Waals surface area contributed by atoms with Crippen molar-refractivity contribution in [2.45, 2.75) is 18.6 Å². The van der Waals surface area contributed by atoms with E-state index in [4.69, 9.17) is 5.11 Å². The van der Waals surface area contributed by atoms with Crippen LogP contribution in [0.1, 0.15) is 13.8 Å². The molecule has 0 saturated heterocycles. The Morgan fingerprint density at radius 1 is 1.58 bits per heavy atom. The first-order valence-corrected chi connectivity index (χ1v) is 5.10. The molecule has 1 rings (SSSR count). The zero-order valence-electron chi connectivity index (χ0n) is 6.86. The molecule has 0 aromatic heterocycles. The van der Waals surface area contributed by atoms with Gasteiger partial charge in [-0.05, 0) is 13.8 Å². The average molecular weight is 190 g/mol. The van der Waals surface area contributed by atoms with Crippen molar-refractivity contribution in [3.8, 4) is 0 Å². The fourth-order valence-corrected chi connectivity index (χ4v) is 2.47. The third kappa shape index (κ3) is 1.04. The normalized spacial score (nSPS) is 25.0. The van der Waals surface area contributed by atoms with Gasteiger partial charge in [-0.3, -0.25) is 0 Å². The molecule has 1 aliphatic rings. The van der Waals surface area contributed by atoms with Gasteiger partial charge < -0.3 is 5.11 Å². The van der Waals surface area contributed by atoms with Crippen LogP contribution in [-0.4, -0.2) is 30.0 Å². The Labute approximate surface area is 70.8 Å². The van der Waals surface area contributed by atoms with E-state index in [0.717, 1.165) is 0 Å². The van der Waals surface area contributed by atoms with Crippen molar-refractivity contribution in [2.24, 2.45) is 0 Å². The van der Waals surface area contributed by atoms with Crippen molar-refractivity contribution in [3.63, 3.8) is 0 Å². The Bertz CT molecular complexity index is 348. The summed E-state index contributed by atoms with van der Waals surface area (Å²) in [6, 6.07) is 0. The van der Waals surface area contributed by atoms with Gasteiger partial charge in [0.05, 0.1) is 16.1 Å². The molecule has 1 heterocycles. The molecule has 0 spiro atoms. The van der Waals surface area contributed by atoms with E-state index in [1.165, 1.54) is 19.9 Å². The number of carbonyl (C=O) groups is 1. The van der Waals surface area contributed by atoms with E-state index in [1.807, 2.05) is 0 Å². The second-order valence-corrected chi connectivity index (χ2v) is 5.80. The highest BCUT2D eigenvalue weighted by molar-refractivity contribution is 7.93. The lowest BCUT2D eigenvalue weighted by molar-refractivity contribution is -0.133. The van der Waals surface area contributed by atoms with Crippen LogP contribution in [0.4, 0.5) is 0 Å². The molecule has 0 aliphatic carbocycles. The molecule has 0 saturated carbocycles. The molecule has 0 radical (unpaired) electrons. The minimum Gasteiger partial charge on any atom is -0.478 e. The number of carboxylic acids is 1. The number of hydrogen-bond donors (Lipinski definition) is 1. The van der Waals surface area contributed by atoms with E-state index in [2.05, 4.69) is 0 Å². The molecular weight excluding hydrogens is 180 g/mol. The highest BCUT2D eigenvalue weighted by atomic mass is 32.2. The summed E-state index contributed by atoms with van der Waals surface area (Å²) in [5.41, 5.74) is -0.0255. The molecule has 68 valence electrons. The zero-order chi connectivity index (χ0) is 9.57. The molecule has 0 amide bonds. The first kappa shape index (κ1) is 9.25. The van der Waals surface area contributed by atoms with Crippen LogP contribution in [0.25, 0.3) is 0 Å². The van der Waals surface area contributed by atoms with Gasteiger partial charge in [0.25, 0.3) is 0 Å². The van der Waals surface area contributed by atoms with Crippen LogP contribution < -0.4 is 0 Å². The van der Waals surface area contributed by atoms with Crippen LogP contribution in [0.5, 0.6) is 0 Å². The Kier molecular flexibility index (Phi) is 1.79. The standard InChI is InChI=1S/C7H10O4S/c1-7(2)5(6(8)9)3-4-12(7,10)11/h3H,4H2,1-2H3,(H,8,9). The Balaban J connectivity index is 3.22. The molecule has 5 heteroatoms. The van der Waals surface area contributed by atoms with Crippen LogP contribution in [-0.2, 0) is 14.6 Å². The third-order valence-electron chi connectivity index (χ3n) is 2.16. The number of rotatable bonds is 1. The van der Waals surface area contributed by atoms with Crippen LogP contribution in [0, 0.1) is 0 Å². The van der Waals surface area contributed by atoms with Crippen molar-refractivity contribution in [1.82, 2.24) is 0 Å². The van der Waals surface area contributed by atoms with Gasteiger partial charge in [0, 0.05) is 0 Å². The maximum Gasteiger partial charge on any atom is 0.332 e. The lowest BCUT2D eigenvalue weighted by Gasteiger charge is -2.18. The lowest BCUT2D eigenvalue weighted by Crippen LogP contribution is -2.33. The van der Waals surface area contributed by atoms with Gasteiger partial charge in [-0.1, -0.05) is 6.08 Å². The van der Waals surface area contributed by atoms with Crippen LogP contribution in [0.3, 0.4) is 0 Å². The van der Waals surface area contributed by atoms with Crippen LogP contribution in [0.2, 0.25) is 0 Å². The topological polar surface area (TPSA) is 71.4 Å². The number of aliphatic carboxylic acids is 1. The number of sulfone groups is 1. The summed E-state index contributed by atoms with van der Waals surface area (Å²) in [6.07, 6.45) is 1.26. The predicted octanol–water partition coefficient (Wildman–Crippen LogP) is 0.204. The molecule has 0 fully saturated rings. The summed E-state index contributed by atoms with van der Waals surface area (Å²) in [4.78, 5) is 10.6. The smallest absolute Gasteiger partial charge is 0.332 e. The van der Waals surface area contributed by atoms with Gasteiger partial charge in [0.1, 0.15) is 0 Å². The van der Waals surface area contributed by atoms with Crippen molar-refractivity contribution in [2.75, 3.05) is 5.75 Å². The minimum absolute atomic E-state index is 0.0255. The van der Waals surface area contributed by atoms with E-state index >= 15 is 0 Å². The van der Waals surface area contributed by atoms with E-state index < -0.39 is 20.6 Å². The average Bonchev–Trinajstić information content (AvgIpc) is 2.03. The largest absolute Gasteiger partial charge is 0.478 e. The molecule has 4 nitrogen and oxygen atoms in total. The lowest BCUT2D eigenvalue weighted by atomic mass is 10.0. The van der Waals surface area contributed by atoms with Gasteiger partial charge in [0.2, 0.25) is 0 Å². The Morgan fingerprint density at radius 2 is 2.08 bits per heavy atom. The summed E-state index contributed by atoms with van der Waals surface area (Å²) in [5.74, 6) is -1.32. The third-order valence-corrected chi connectivity index (χ3v) is 4.54. The Hall–Kier alpha value is -0.840. The molecule has 12 heavy (non-hydrogen) atoms. The highest BCUT2D eigenvalue weighted by Crippen LogP contribution is 2.32. The highest BCUT2D eigenvalue weighted by Gasteiger charge is 2.44. The Morgan fingerprint density at radius 3 is 2.25 bits per heavy atom. The quantitative estimate of drug-likeness (QED) is 0.641. The molecule has 1 aliphatic heterocycles. The minimum atomic E-state index is -3.29. The van der Waals surface area contributed by atoms with Crippen LogP contribution >= 0.6 is 0 Å². The first-order chi connectivity index (χ1) is 5.29. The van der Waals surface area contributed by atoms with Gasteiger partial charge in [-0.25, -0.2) is 13.2 Å². The summed E-state index contributed by atoms with van der Waals surface area (Å²) >= 11 is 0. The predicted molar refractivity (Wildman–Crippen MR) is 43.6 cm³/mol. The van der Waals surface area contributed by atoms with Gasteiger partial charge >= 0.3 is 5.97 Å². The summed E-state index contributed by atoms with van der Waals surface area (Å²) in [7, 11) is -3.29. The van der Waals surface area contributed by atoms with Gasteiger partial charge in [-0.15, -0.1) is 0 Å². The number of hydrogen-bond acceptors (Lipinski definition) is 3. The van der Waals surface area contributed by atoms with Crippen LogP contribution in [0.15, 0.2) is 11.6 Å². The van der Waals surface area contributed by atoms with Crippen molar-refractivity contribution >= 4 is 15.8 Å². The molecule has 0 aromatic rings. The van der Waals surface area contributed by atoms with E-state index in [-0.39, 0.29) is 11.3 Å². The first-order valence-electron chi connectivity index (χ1n) is 3.45. The van der Waals surface area contributed by atoms with E-state index in [9.17, 15) is 13.2 Å². The van der Waals surface area contributed by atoms with Crippen molar-refractivity contribution in [1.29, 1.82) is 0 Å². The fourth-order valence-electron chi connectivity index (χ4n) is 1.16. The molecule has 0 unspecified atom stereocenters. The number of carboxylic acid groups (broad SMARTS) is 1.